The molecule has 0 radical (unpaired) electrons. The predicted octanol–water partition coefficient (Wildman–Crippen LogP) is 3.85. The molecule has 3 nitrogen and oxygen atoms in total. The van der Waals surface area contributed by atoms with Crippen molar-refractivity contribution in [3.8, 4) is 0 Å². The minimum Gasteiger partial charge on any atom is -0.272 e. The fourth-order valence-electron chi connectivity index (χ4n) is 1.31. The van der Waals surface area contributed by atoms with Gasteiger partial charge in [-0.3, -0.25) is 5.43 Å². The van der Waals surface area contributed by atoms with E-state index < -0.39 is 29.2 Å². The standard InChI is InChI=1S/C12H6BrF4N3/c13-7-3-1-6(2-4-7)5-18-20-10-8(14)11(16)19-12(17)9(10)15/h1-5H,(H,19,20)/b18-5-. The van der Waals surface area contributed by atoms with Crippen molar-refractivity contribution in [3.63, 3.8) is 0 Å². The second-order valence-corrected chi connectivity index (χ2v) is 4.53. The Morgan fingerprint density at radius 3 is 2.10 bits per heavy atom. The number of pyridine rings is 1. The molecule has 0 saturated heterocycles. The molecule has 0 bridgehead atoms. The number of hydrogen-bond donors (Lipinski definition) is 1. The summed E-state index contributed by atoms with van der Waals surface area (Å²) in [5.74, 6) is -6.77. The molecule has 20 heavy (non-hydrogen) atoms. The Morgan fingerprint density at radius 2 is 1.55 bits per heavy atom. The zero-order valence-electron chi connectivity index (χ0n) is 9.67. The predicted molar refractivity (Wildman–Crippen MR) is 69.4 cm³/mol. The van der Waals surface area contributed by atoms with E-state index in [0.29, 0.717) is 5.56 Å². The van der Waals surface area contributed by atoms with Crippen molar-refractivity contribution >= 4 is 27.8 Å². The van der Waals surface area contributed by atoms with Crippen LogP contribution in [0.1, 0.15) is 5.56 Å². The molecule has 0 unspecified atom stereocenters. The van der Waals surface area contributed by atoms with Gasteiger partial charge in [0.05, 0.1) is 6.21 Å². The van der Waals surface area contributed by atoms with Crippen molar-refractivity contribution in [1.29, 1.82) is 0 Å². The van der Waals surface area contributed by atoms with Crippen LogP contribution in [0.5, 0.6) is 0 Å². The van der Waals surface area contributed by atoms with E-state index in [0.717, 1.165) is 4.47 Å². The quantitative estimate of drug-likeness (QED) is 0.396. The molecule has 2 rings (SSSR count). The smallest absolute Gasteiger partial charge is 0.254 e. The van der Waals surface area contributed by atoms with E-state index in [1.807, 2.05) is 5.43 Å². The second kappa shape index (κ2) is 6.00. The number of hydrazone groups is 1. The lowest BCUT2D eigenvalue weighted by atomic mass is 10.2. The molecule has 1 aromatic heterocycles. The Labute approximate surface area is 119 Å². The second-order valence-electron chi connectivity index (χ2n) is 3.62. The number of aromatic nitrogens is 1. The van der Waals surface area contributed by atoms with E-state index in [1.165, 1.54) is 6.21 Å². The summed E-state index contributed by atoms with van der Waals surface area (Å²) in [6.45, 7) is 0. The molecule has 104 valence electrons. The van der Waals surface area contributed by atoms with Crippen LogP contribution in [0, 0.1) is 23.5 Å². The van der Waals surface area contributed by atoms with Gasteiger partial charge in [0.2, 0.25) is 11.6 Å². The van der Waals surface area contributed by atoms with Gasteiger partial charge in [0.25, 0.3) is 11.9 Å². The van der Waals surface area contributed by atoms with Gasteiger partial charge < -0.3 is 0 Å². The molecular weight excluding hydrogens is 342 g/mol. The number of nitrogens with one attached hydrogen (secondary N) is 1. The maximum absolute atomic E-state index is 13.2. The minimum absolute atomic E-state index is 0.622. The van der Waals surface area contributed by atoms with Gasteiger partial charge in [0.15, 0.2) is 0 Å². The number of nitrogens with zero attached hydrogens (tertiary/aromatic N) is 2. The van der Waals surface area contributed by atoms with Crippen molar-refractivity contribution in [2.24, 2.45) is 5.10 Å². The third kappa shape index (κ3) is 3.13. The van der Waals surface area contributed by atoms with Crippen LogP contribution in [0.2, 0.25) is 0 Å². The maximum atomic E-state index is 13.2. The van der Waals surface area contributed by atoms with Crippen LogP contribution >= 0.6 is 15.9 Å². The summed E-state index contributed by atoms with van der Waals surface area (Å²) in [4.78, 5) is 2.43. The first-order valence-corrected chi connectivity index (χ1v) is 6.03. The minimum atomic E-state index is -1.75. The molecule has 0 fully saturated rings. The maximum Gasteiger partial charge on any atom is 0.254 e. The van der Waals surface area contributed by atoms with Gasteiger partial charge >= 0.3 is 0 Å². The van der Waals surface area contributed by atoms with E-state index in [1.54, 1.807) is 24.3 Å². The molecule has 1 N–H and O–H groups in total. The average molecular weight is 348 g/mol. The molecule has 2 aromatic rings. The highest BCUT2D eigenvalue weighted by molar-refractivity contribution is 9.10. The number of rotatable bonds is 3. The molecule has 0 amide bonds. The number of halogens is 5. The van der Waals surface area contributed by atoms with Crippen LogP contribution in [-0.4, -0.2) is 11.2 Å². The molecule has 0 spiro atoms. The molecule has 1 heterocycles. The lowest BCUT2D eigenvalue weighted by molar-refractivity contribution is 0.411. The highest BCUT2D eigenvalue weighted by Gasteiger charge is 2.20. The Hall–Kier alpha value is -1.96. The van der Waals surface area contributed by atoms with Crippen molar-refractivity contribution in [2.75, 3.05) is 5.43 Å². The molecule has 1 aromatic carbocycles. The molecule has 0 saturated carbocycles. The first-order chi connectivity index (χ1) is 9.49. The normalized spacial score (nSPS) is 11.1. The van der Waals surface area contributed by atoms with E-state index in [4.69, 9.17) is 0 Å². The zero-order chi connectivity index (χ0) is 14.7. The summed E-state index contributed by atoms with van der Waals surface area (Å²) in [5, 5.41) is 3.51. The van der Waals surface area contributed by atoms with Crippen molar-refractivity contribution in [2.45, 2.75) is 0 Å². The molecule has 0 aliphatic heterocycles. The van der Waals surface area contributed by atoms with Crippen LogP contribution in [-0.2, 0) is 0 Å². The van der Waals surface area contributed by atoms with Gasteiger partial charge in [0, 0.05) is 4.47 Å². The zero-order valence-corrected chi connectivity index (χ0v) is 11.3. The SMILES string of the molecule is Fc1nc(F)c(F)c(N/N=C\c2ccc(Br)cc2)c1F. The van der Waals surface area contributed by atoms with Crippen LogP contribution < -0.4 is 5.43 Å². The van der Waals surface area contributed by atoms with E-state index in [2.05, 4.69) is 26.0 Å². The van der Waals surface area contributed by atoms with Crippen LogP contribution in [0.4, 0.5) is 23.2 Å². The van der Waals surface area contributed by atoms with Gasteiger partial charge in [-0.2, -0.15) is 27.6 Å². The summed E-state index contributed by atoms with van der Waals surface area (Å²) in [7, 11) is 0. The van der Waals surface area contributed by atoms with Gasteiger partial charge in [0.1, 0.15) is 5.69 Å². The van der Waals surface area contributed by atoms with Crippen LogP contribution in [0.15, 0.2) is 33.8 Å². The largest absolute Gasteiger partial charge is 0.272 e. The monoisotopic (exact) mass is 347 g/mol. The molecule has 0 aliphatic rings. The topological polar surface area (TPSA) is 37.3 Å². The van der Waals surface area contributed by atoms with Crippen LogP contribution in [0.3, 0.4) is 0 Å². The van der Waals surface area contributed by atoms with Gasteiger partial charge in [-0.15, -0.1) is 0 Å². The highest BCUT2D eigenvalue weighted by atomic mass is 79.9. The summed E-state index contributed by atoms with van der Waals surface area (Å²) in [5.41, 5.74) is 1.50. The fraction of sp³-hybridized carbons (Fsp3) is 0. The Balaban J connectivity index is 2.21. The van der Waals surface area contributed by atoms with Crippen LogP contribution in [0.25, 0.3) is 0 Å². The Bertz CT molecular complexity index is 632. The lowest BCUT2D eigenvalue weighted by Crippen LogP contribution is -2.05. The average Bonchev–Trinajstić information content (AvgIpc) is 2.42. The summed E-state index contributed by atoms with van der Waals surface area (Å²) >= 11 is 3.24. The lowest BCUT2D eigenvalue weighted by Gasteiger charge is -2.04. The van der Waals surface area contributed by atoms with Gasteiger partial charge in [-0.1, -0.05) is 28.1 Å². The van der Waals surface area contributed by atoms with E-state index in [-0.39, 0.29) is 0 Å². The number of benzene rings is 1. The Morgan fingerprint density at radius 1 is 1.00 bits per heavy atom. The molecule has 0 aliphatic carbocycles. The van der Waals surface area contributed by atoms with E-state index in [9.17, 15) is 17.6 Å². The fourth-order valence-corrected chi connectivity index (χ4v) is 1.57. The number of hydrogen-bond acceptors (Lipinski definition) is 3. The summed E-state index contributed by atoms with van der Waals surface area (Å²) in [6.07, 6.45) is 1.24. The highest BCUT2D eigenvalue weighted by Crippen LogP contribution is 2.21. The molecule has 8 heteroatoms. The van der Waals surface area contributed by atoms with Gasteiger partial charge in [-0.25, -0.2) is 0 Å². The van der Waals surface area contributed by atoms with Crippen molar-refractivity contribution in [1.82, 2.24) is 4.98 Å². The molecule has 0 atom stereocenters. The summed E-state index contributed by atoms with van der Waals surface area (Å²) in [6, 6.07) is 6.81. The van der Waals surface area contributed by atoms with Gasteiger partial charge in [-0.05, 0) is 17.7 Å². The number of anilines is 1. The molecular formula is C12H6BrF4N3. The summed E-state index contributed by atoms with van der Waals surface area (Å²) < 4.78 is 53.0. The first-order valence-electron chi connectivity index (χ1n) is 5.23. The third-order valence-corrected chi connectivity index (χ3v) is 2.79. The van der Waals surface area contributed by atoms with Crippen molar-refractivity contribution in [3.05, 3.63) is 57.8 Å². The van der Waals surface area contributed by atoms with Crippen molar-refractivity contribution < 1.29 is 17.6 Å². The van der Waals surface area contributed by atoms with E-state index >= 15 is 0 Å². The third-order valence-electron chi connectivity index (χ3n) is 2.26. The Kier molecular flexibility index (Phi) is 4.33. The first kappa shape index (κ1) is 14.4.